The van der Waals surface area contributed by atoms with Crippen molar-refractivity contribution in [3.63, 3.8) is 0 Å². The molecule has 1 fully saturated rings. The van der Waals surface area contributed by atoms with Crippen LogP contribution in [0.15, 0.2) is 36.8 Å². The minimum absolute atomic E-state index is 0.0191. The molecule has 0 saturated carbocycles. The number of aromatic nitrogens is 4. The number of nitrogens with one attached hydrogen (secondary N) is 1. The van der Waals surface area contributed by atoms with Crippen molar-refractivity contribution in [3.8, 4) is 17.3 Å². The Labute approximate surface area is 206 Å². The van der Waals surface area contributed by atoms with Crippen molar-refractivity contribution in [1.29, 1.82) is 5.26 Å². The van der Waals surface area contributed by atoms with Crippen LogP contribution in [-0.4, -0.2) is 48.7 Å². The highest BCUT2D eigenvalue weighted by Gasteiger charge is 2.26. The van der Waals surface area contributed by atoms with Crippen molar-refractivity contribution in [2.24, 2.45) is 0 Å². The van der Waals surface area contributed by atoms with Crippen LogP contribution >= 0.6 is 0 Å². The number of fused-ring (bicyclic) bond motifs is 2. The molecular formula is C28H34N6O. The van der Waals surface area contributed by atoms with Crippen molar-refractivity contribution >= 4 is 16.6 Å². The number of nitriles is 1. The zero-order valence-corrected chi connectivity index (χ0v) is 21.2. The summed E-state index contributed by atoms with van der Waals surface area (Å²) in [7, 11) is 0. The molecule has 5 rings (SSSR count). The molecule has 7 nitrogen and oxygen atoms in total. The van der Waals surface area contributed by atoms with E-state index >= 15 is 0 Å². The summed E-state index contributed by atoms with van der Waals surface area (Å²) in [6, 6.07) is 11.2. The van der Waals surface area contributed by atoms with E-state index in [1.54, 1.807) is 18.4 Å². The first-order chi connectivity index (χ1) is 16.7. The average molecular weight is 471 g/mol. The molecule has 1 aliphatic rings. The molecule has 2 N–H and O–H groups in total. The van der Waals surface area contributed by atoms with Crippen LogP contribution in [0.25, 0.3) is 27.8 Å². The fourth-order valence-corrected chi connectivity index (χ4v) is 5.53. The molecule has 7 heteroatoms. The summed E-state index contributed by atoms with van der Waals surface area (Å²) in [6.45, 7) is 11.9. The lowest BCUT2D eigenvalue weighted by Crippen LogP contribution is -2.38. The highest BCUT2D eigenvalue weighted by atomic mass is 16.3. The largest absolute Gasteiger partial charge is 0.386 e. The van der Waals surface area contributed by atoms with Crippen LogP contribution < -0.4 is 0 Å². The van der Waals surface area contributed by atoms with Crippen LogP contribution in [-0.2, 0) is 5.60 Å². The third-order valence-electron chi connectivity index (χ3n) is 7.50. The van der Waals surface area contributed by atoms with E-state index in [2.05, 4.69) is 58.1 Å². The summed E-state index contributed by atoms with van der Waals surface area (Å²) < 4.78 is 1.75. The first-order valence-corrected chi connectivity index (χ1v) is 12.5. The van der Waals surface area contributed by atoms with E-state index in [0.717, 1.165) is 48.3 Å². The van der Waals surface area contributed by atoms with Gasteiger partial charge in [-0.2, -0.15) is 10.4 Å². The number of nitrogens with zero attached hydrogens (tertiary/aromatic N) is 5. The predicted molar refractivity (Wildman–Crippen MR) is 138 cm³/mol. The number of aromatic amines is 1. The van der Waals surface area contributed by atoms with Crippen molar-refractivity contribution in [1.82, 2.24) is 24.5 Å². The van der Waals surface area contributed by atoms with Crippen LogP contribution in [0, 0.1) is 11.3 Å². The lowest BCUT2D eigenvalue weighted by Gasteiger charge is -2.33. The van der Waals surface area contributed by atoms with Gasteiger partial charge >= 0.3 is 0 Å². The zero-order chi connectivity index (χ0) is 24.9. The topological polar surface area (TPSA) is 93.2 Å². The predicted octanol–water partition coefficient (Wildman–Crippen LogP) is 5.32. The summed E-state index contributed by atoms with van der Waals surface area (Å²) in [5.74, 6) is 0.817. The fraction of sp³-hybridized carbons (Fsp3) is 0.464. The Morgan fingerprint density at radius 3 is 2.57 bits per heavy atom. The highest BCUT2D eigenvalue weighted by Crippen LogP contribution is 2.39. The number of pyridine rings is 1. The Kier molecular flexibility index (Phi) is 5.90. The van der Waals surface area contributed by atoms with Crippen molar-refractivity contribution in [2.75, 3.05) is 13.1 Å². The molecule has 0 aliphatic carbocycles. The van der Waals surface area contributed by atoms with Gasteiger partial charge in [-0.25, -0.2) is 9.50 Å². The van der Waals surface area contributed by atoms with Crippen LogP contribution in [0.1, 0.15) is 76.0 Å². The Balaban J connectivity index is 1.57. The lowest BCUT2D eigenvalue weighted by atomic mass is 9.87. The van der Waals surface area contributed by atoms with Crippen LogP contribution in [0.2, 0.25) is 0 Å². The van der Waals surface area contributed by atoms with Gasteiger partial charge in [-0.05, 0) is 87.9 Å². The summed E-state index contributed by atoms with van der Waals surface area (Å²) >= 11 is 0. The van der Waals surface area contributed by atoms with Crippen LogP contribution in [0.5, 0.6) is 0 Å². The molecule has 0 spiro atoms. The van der Waals surface area contributed by atoms with Crippen molar-refractivity contribution in [2.45, 2.75) is 70.9 Å². The highest BCUT2D eigenvalue weighted by molar-refractivity contribution is 5.92. The van der Waals surface area contributed by atoms with Gasteiger partial charge in [0, 0.05) is 28.2 Å². The standard InChI is InChI=1S/C28H34N6O/c1-17(2)25-22-12-20(19-8-10-33(11-9-19)18(3)14-29)6-7-24(22)32-26(25)21-13-23(28(4,5)35)27-30-16-31-34(27)15-21/h6-7,12-13,15-19,32,35H,8-11H2,1-5H3. The third-order valence-corrected chi connectivity index (χ3v) is 7.50. The Hall–Kier alpha value is -3.21. The molecule has 1 aliphatic heterocycles. The molecule has 1 atom stereocenters. The number of hydrogen-bond donors (Lipinski definition) is 2. The third kappa shape index (κ3) is 4.22. The maximum Gasteiger partial charge on any atom is 0.161 e. The second-order valence-electron chi connectivity index (χ2n) is 10.7. The van der Waals surface area contributed by atoms with Gasteiger partial charge in [0.05, 0.1) is 23.4 Å². The number of benzene rings is 1. The number of H-pyrrole nitrogens is 1. The molecule has 0 amide bonds. The van der Waals surface area contributed by atoms with Gasteiger partial charge in [-0.3, -0.25) is 4.90 Å². The molecule has 4 aromatic rings. The molecule has 4 heterocycles. The molecule has 3 aromatic heterocycles. The van der Waals surface area contributed by atoms with Gasteiger partial charge in [-0.15, -0.1) is 0 Å². The average Bonchev–Trinajstić information content (AvgIpc) is 3.46. The number of rotatable bonds is 5. The number of likely N-dealkylation sites (tertiary alicyclic amines) is 1. The molecule has 35 heavy (non-hydrogen) atoms. The zero-order valence-electron chi connectivity index (χ0n) is 21.2. The van der Waals surface area contributed by atoms with Gasteiger partial charge in [0.1, 0.15) is 6.33 Å². The van der Waals surface area contributed by atoms with E-state index in [-0.39, 0.29) is 6.04 Å². The summed E-state index contributed by atoms with van der Waals surface area (Å²) in [5, 5.41) is 25.7. The van der Waals surface area contributed by atoms with E-state index in [9.17, 15) is 10.4 Å². The van der Waals surface area contributed by atoms with Gasteiger partial charge in [0.2, 0.25) is 0 Å². The summed E-state index contributed by atoms with van der Waals surface area (Å²) in [6.07, 6.45) is 5.66. The van der Waals surface area contributed by atoms with Crippen LogP contribution in [0.3, 0.4) is 0 Å². The normalized spacial score (nSPS) is 16.9. The summed E-state index contributed by atoms with van der Waals surface area (Å²) in [5.41, 5.74) is 6.19. The maximum absolute atomic E-state index is 10.8. The second kappa shape index (κ2) is 8.78. The van der Waals surface area contributed by atoms with Gasteiger partial charge < -0.3 is 10.1 Å². The Bertz CT molecular complexity index is 1410. The molecule has 1 unspecified atom stereocenters. The molecule has 1 saturated heterocycles. The first kappa shape index (κ1) is 23.5. The fourth-order valence-electron chi connectivity index (χ4n) is 5.53. The van der Waals surface area contributed by atoms with Crippen molar-refractivity contribution < 1.29 is 5.11 Å². The minimum atomic E-state index is -1.04. The number of hydrogen-bond acceptors (Lipinski definition) is 5. The molecule has 1 aromatic carbocycles. The quantitative estimate of drug-likeness (QED) is 0.412. The van der Waals surface area contributed by atoms with E-state index in [0.29, 0.717) is 17.5 Å². The minimum Gasteiger partial charge on any atom is -0.386 e. The molecule has 0 radical (unpaired) electrons. The molecule has 0 bridgehead atoms. The molecular weight excluding hydrogens is 436 g/mol. The van der Waals surface area contributed by atoms with Gasteiger partial charge in [0.25, 0.3) is 0 Å². The Morgan fingerprint density at radius 1 is 1.17 bits per heavy atom. The maximum atomic E-state index is 10.8. The van der Waals surface area contributed by atoms with E-state index < -0.39 is 5.60 Å². The van der Waals surface area contributed by atoms with Crippen molar-refractivity contribution in [3.05, 3.63) is 53.5 Å². The Morgan fingerprint density at radius 2 is 1.91 bits per heavy atom. The second-order valence-corrected chi connectivity index (χ2v) is 10.7. The van der Waals surface area contributed by atoms with Gasteiger partial charge in [0.15, 0.2) is 5.65 Å². The van der Waals surface area contributed by atoms with Crippen LogP contribution in [0.4, 0.5) is 0 Å². The van der Waals surface area contributed by atoms with E-state index in [1.165, 1.54) is 22.8 Å². The molecule has 182 valence electrons. The van der Waals surface area contributed by atoms with E-state index in [4.69, 9.17) is 0 Å². The van der Waals surface area contributed by atoms with Gasteiger partial charge in [-0.1, -0.05) is 19.9 Å². The monoisotopic (exact) mass is 470 g/mol. The summed E-state index contributed by atoms with van der Waals surface area (Å²) in [4.78, 5) is 10.3. The SMILES string of the molecule is CC(C)c1c(-c2cc(C(C)(C)O)c3ncnn3c2)[nH]c2ccc(C3CCN(C(C)C#N)CC3)cc12. The number of aliphatic hydroxyl groups is 1. The van der Waals surface area contributed by atoms with E-state index in [1.807, 2.05) is 19.2 Å². The smallest absolute Gasteiger partial charge is 0.161 e. The first-order valence-electron chi connectivity index (χ1n) is 12.5. The number of piperidine rings is 1. The lowest BCUT2D eigenvalue weighted by molar-refractivity contribution is 0.0796.